The van der Waals surface area contributed by atoms with E-state index in [4.69, 9.17) is 0 Å². The molecule has 4 heterocycles. The van der Waals surface area contributed by atoms with Crippen molar-refractivity contribution in [2.24, 2.45) is 0 Å². The van der Waals surface area contributed by atoms with Crippen LogP contribution in [0.15, 0.2) is 78.9 Å². The van der Waals surface area contributed by atoms with Gasteiger partial charge in [0.15, 0.2) is 0 Å². The summed E-state index contributed by atoms with van der Waals surface area (Å²) in [6, 6.07) is 25.2. The van der Waals surface area contributed by atoms with Gasteiger partial charge in [-0.1, -0.05) is 69.3 Å². The van der Waals surface area contributed by atoms with Crippen molar-refractivity contribution in [1.29, 1.82) is 0 Å². The normalized spacial score (nSPS) is 29.9. The van der Waals surface area contributed by atoms with E-state index in [1.54, 1.807) is 0 Å². The molecule has 4 saturated heterocycles. The number of carbonyl (C=O) groups is 2. The minimum atomic E-state index is -0.558. The summed E-state index contributed by atoms with van der Waals surface area (Å²) in [7, 11) is 0. The van der Waals surface area contributed by atoms with Crippen molar-refractivity contribution in [3.05, 3.63) is 95.6 Å². The lowest BCUT2D eigenvalue weighted by atomic mass is 9.84. The van der Waals surface area contributed by atoms with Crippen molar-refractivity contribution >= 4 is 23.2 Å². The van der Waals surface area contributed by atoms with E-state index in [1.807, 2.05) is 70.5 Å². The molecule has 3 aromatic rings. The quantitative estimate of drug-likeness (QED) is 0.498. The number of aliphatic hydroxyl groups excluding tert-OH is 2. The van der Waals surface area contributed by atoms with Crippen LogP contribution in [0, 0.1) is 0 Å². The van der Waals surface area contributed by atoms with Gasteiger partial charge in [0.2, 0.25) is 11.8 Å². The first-order valence-corrected chi connectivity index (χ1v) is 14.9. The highest BCUT2D eigenvalue weighted by atomic mass is 16.3. The zero-order valence-corrected chi connectivity index (χ0v) is 24.3. The molecule has 0 aromatic heterocycles. The Kier molecular flexibility index (Phi) is 6.51. The number of para-hydroxylation sites is 2. The van der Waals surface area contributed by atoms with Gasteiger partial charge in [0.1, 0.15) is 12.3 Å². The second-order valence-corrected chi connectivity index (χ2v) is 13.2. The number of anilines is 2. The molecule has 0 saturated carbocycles. The molecule has 0 radical (unpaired) electrons. The SMILES string of the molecule is CC(C)(C)c1cc([C@@H]2N(c3ccccc3)C(=O)[C@@H]3C[C@@H](O)CN23)cc([C@@H]2N(c3ccccc3)C(=O)[C@@H]3C[C@@H](O)CN23)c1. The van der Waals surface area contributed by atoms with Gasteiger partial charge in [-0.2, -0.15) is 0 Å². The molecule has 4 fully saturated rings. The number of nitrogens with zero attached hydrogens (tertiary/aromatic N) is 4. The average Bonchev–Trinajstić information content (AvgIpc) is 3.68. The molecule has 4 aliphatic rings. The van der Waals surface area contributed by atoms with Crippen molar-refractivity contribution in [2.45, 2.75) is 75.7 Å². The third kappa shape index (κ3) is 4.36. The highest BCUT2D eigenvalue weighted by molar-refractivity contribution is 6.01. The maximum atomic E-state index is 13.9. The predicted molar refractivity (Wildman–Crippen MR) is 161 cm³/mol. The van der Waals surface area contributed by atoms with Crippen LogP contribution in [0.5, 0.6) is 0 Å². The van der Waals surface area contributed by atoms with Gasteiger partial charge < -0.3 is 10.2 Å². The molecule has 0 aliphatic carbocycles. The molecule has 218 valence electrons. The summed E-state index contributed by atoms with van der Waals surface area (Å²) < 4.78 is 0. The van der Waals surface area contributed by atoms with Crippen LogP contribution in [0.4, 0.5) is 11.4 Å². The topological polar surface area (TPSA) is 87.6 Å². The van der Waals surface area contributed by atoms with Crippen LogP contribution in [0.2, 0.25) is 0 Å². The lowest BCUT2D eigenvalue weighted by molar-refractivity contribution is -0.120. The molecule has 42 heavy (non-hydrogen) atoms. The van der Waals surface area contributed by atoms with E-state index in [1.165, 1.54) is 0 Å². The fourth-order valence-corrected chi connectivity index (χ4v) is 7.36. The van der Waals surface area contributed by atoms with Gasteiger partial charge in [0, 0.05) is 24.5 Å². The second-order valence-electron chi connectivity index (χ2n) is 13.2. The van der Waals surface area contributed by atoms with Crippen LogP contribution in [-0.4, -0.2) is 69.2 Å². The van der Waals surface area contributed by atoms with E-state index in [2.05, 4.69) is 48.8 Å². The number of aliphatic hydroxyl groups is 2. The molecule has 2 amide bonds. The van der Waals surface area contributed by atoms with Crippen molar-refractivity contribution in [3.8, 4) is 0 Å². The van der Waals surface area contributed by atoms with Crippen molar-refractivity contribution in [2.75, 3.05) is 22.9 Å². The van der Waals surface area contributed by atoms with Crippen molar-refractivity contribution < 1.29 is 19.8 Å². The number of hydrogen-bond donors (Lipinski definition) is 2. The first kappa shape index (κ1) is 27.3. The molecule has 8 heteroatoms. The standard InChI is InChI=1S/C34H38N4O4/c1-34(2,3)23-15-21(30-35-19-26(39)17-28(35)32(41)37(30)24-10-6-4-7-11-24)14-22(16-23)31-36-20-27(40)18-29(36)33(42)38(31)25-12-8-5-9-13-25/h4-16,26-31,39-40H,17-20H2,1-3H3/t26-,27-,28+,29+,30+,31+/m1/s1. The fraction of sp³-hybridized carbons (Fsp3) is 0.412. The number of hydrogen-bond acceptors (Lipinski definition) is 6. The van der Waals surface area contributed by atoms with Gasteiger partial charge in [-0.25, -0.2) is 0 Å². The van der Waals surface area contributed by atoms with Crippen LogP contribution in [0.3, 0.4) is 0 Å². The Hall–Kier alpha value is -3.56. The number of rotatable bonds is 4. The summed E-state index contributed by atoms with van der Waals surface area (Å²) in [5.74, 6) is -0.00899. The molecule has 0 unspecified atom stereocenters. The Labute approximate surface area is 246 Å². The van der Waals surface area contributed by atoms with Gasteiger partial charge in [-0.3, -0.25) is 29.2 Å². The van der Waals surface area contributed by atoms with E-state index in [9.17, 15) is 19.8 Å². The van der Waals surface area contributed by atoms with Gasteiger partial charge in [-0.15, -0.1) is 0 Å². The highest BCUT2D eigenvalue weighted by Crippen LogP contribution is 2.47. The number of amides is 2. The summed E-state index contributed by atoms with van der Waals surface area (Å²) in [5.41, 5.74) is 4.44. The molecule has 0 spiro atoms. The number of benzene rings is 3. The van der Waals surface area contributed by atoms with Crippen LogP contribution in [0.1, 0.15) is 62.6 Å². The monoisotopic (exact) mass is 566 g/mol. The van der Waals surface area contributed by atoms with Crippen molar-refractivity contribution in [1.82, 2.24) is 9.80 Å². The zero-order chi connectivity index (χ0) is 29.3. The smallest absolute Gasteiger partial charge is 0.246 e. The minimum Gasteiger partial charge on any atom is -0.392 e. The maximum Gasteiger partial charge on any atom is 0.246 e. The minimum absolute atomic E-state index is 0.00449. The molecule has 6 atom stereocenters. The lowest BCUT2D eigenvalue weighted by Gasteiger charge is -2.35. The van der Waals surface area contributed by atoms with Gasteiger partial charge >= 0.3 is 0 Å². The fourth-order valence-electron chi connectivity index (χ4n) is 7.36. The third-order valence-electron chi connectivity index (χ3n) is 9.31. The van der Waals surface area contributed by atoms with E-state index in [-0.39, 0.29) is 29.3 Å². The Morgan fingerprint density at radius 3 is 1.43 bits per heavy atom. The average molecular weight is 567 g/mol. The molecular weight excluding hydrogens is 528 g/mol. The van der Waals surface area contributed by atoms with Gasteiger partial charge in [-0.05, 0) is 65.3 Å². The number of fused-ring (bicyclic) bond motifs is 2. The van der Waals surface area contributed by atoms with Crippen LogP contribution in [0.25, 0.3) is 0 Å². The summed E-state index contributed by atoms with van der Waals surface area (Å²) in [6.45, 7) is 7.34. The Bertz CT molecular complexity index is 1400. The maximum absolute atomic E-state index is 13.9. The zero-order valence-electron chi connectivity index (χ0n) is 24.3. The summed E-state index contributed by atoms with van der Waals surface area (Å²) in [4.78, 5) is 35.8. The molecule has 0 bridgehead atoms. The first-order valence-electron chi connectivity index (χ1n) is 14.9. The van der Waals surface area contributed by atoms with E-state index in [0.29, 0.717) is 25.9 Å². The van der Waals surface area contributed by atoms with Crippen LogP contribution >= 0.6 is 0 Å². The van der Waals surface area contributed by atoms with Crippen LogP contribution in [-0.2, 0) is 15.0 Å². The Balaban J connectivity index is 1.41. The molecule has 2 N–H and O–H groups in total. The third-order valence-corrected chi connectivity index (χ3v) is 9.31. The molecular formula is C34H38N4O4. The summed E-state index contributed by atoms with van der Waals surface area (Å²) in [6.07, 6.45) is -1.08. The molecule has 3 aromatic carbocycles. The number of carbonyl (C=O) groups excluding carboxylic acids is 2. The van der Waals surface area contributed by atoms with Gasteiger partial charge in [0.05, 0.1) is 24.3 Å². The molecule has 7 rings (SSSR count). The lowest BCUT2D eigenvalue weighted by Crippen LogP contribution is -2.36. The predicted octanol–water partition coefficient (Wildman–Crippen LogP) is 3.95. The van der Waals surface area contributed by atoms with E-state index in [0.717, 1.165) is 28.1 Å². The van der Waals surface area contributed by atoms with Gasteiger partial charge in [0.25, 0.3) is 0 Å². The molecule has 8 nitrogen and oxygen atoms in total. The van der Waals surface area contributed by atoms with E-state index >= 15 is 0 Å². The second kappa shape index (κ2) is 10.0. The molecule has 4 aliphatic heterocycles. The van der Waals surface area contributed by atoms with E-state index < -0.39 is 24.5 Å². The Morgan fingerprint density at radius 2 is 1.05 bits per heavy atom. The van der Waals surface area contributed by atoms with Crippen LogP contribution < -0.4 is 9.80 Å². The van der Waals surface area contributed by atoms with Crippen molar-refractivity contribution in [3.63, 3.8) is 0 Å². The Morgan fingerprint density at radius 1 is 0.643 bits per heavy atom. The summed E-state index contributed by atoms with van der Waals surface area (Å²) >= 11 is 0. The largest absolute Gasteiger partial charge is 0.392 e. The first-order chi connectivity index (χ1) is 20.1. The highest BCUT2D eigenvalue weighted by Gasteiger charge is 2.54. The summed E-state index contributed by atoms with van der Waals surface area (Å²) in [5, 5.41) is 21.2.